The van der Waals surface area contributed by atoms with Crippen molar-refractivity contribution in [1.82, 2.24) is 4.72 Å². The van der Waals surface area contributed by atoms with Gasteiger partial charge in [-0.2, -0.15) is 0 Å². The van der Waals surface area contributed by atoms with Gasteiger partial charge in [0, 0.05) is 14.9 Å². The molecule has 0 radical (unpaired) electrons. The molecule has 2 N–H and O–H groups in total. The molecule has 0 fully saturated rings. The van der Waals surface area contributed by atoms with Gasteiger partial charge in [0.2, 0.25) is 10.0 Å². The van der Waals surface area contributed by atoms with Crippen molar-refractivity contribution in [3.8, 4) is 0 Å². The molecule has 0 aliphatic heterocycles. The van der Waals surface area contributed by atoms with Crippen LogP contribution in [0.1, 0.15) is 23.4 Å². The highest BCUT2D eigenvalue weighted by atomic mass is 79.9. The van der Waals surface area contributed by atoms with Crippen LogP contribution < -0.4 is 4.72 Å². The van der Waals surface area contributed by atoms with Gasteiger partial charge >= 0.3 is 0 Å². The molecule has 2 aromatic rings. The van der Waals surface area contributed by atoms with E-state index in [-0.39, 0.29) is 5.56 Å². The number of halogens is 2. The van der Waals surface area contributed by atoms with Gasteiger partial charge in [-0.1, -0.05) is 22.0 Å². The minimum absolute atomic E-state index is 0.0754. The van der Waals surface area contributed by atoms with Gasteiger partial charge in [0.25, 0.3) is 0 Å². The van der Waals surface area contributed by atoms with Gasteiger partial charge < -0.3 is 5.11 Å². The smallest absolute Gasteiger partial charge is 0.244 e. The minimum atomic E-state index is -4.03. The van der Waals surface area contributed by atoms with E-state index < -0.39 is 33.4 Å². The lowest BCUT2D eigenvalue weighted by atomic mass is 10.2. The molecular weight excluding hydrogens is 381 g/mol. The van der Waals surface area contributed by atoms with Gasteiger partial charge in [0.15, 0.2) is 0 Å². The number of rotatable bonds is 5. The molecule has 21 heavy (non-hydrogen) atoms. The topological polar surface area (TPSA) is 66.4 Å². The van der Waals surface area contributed by atoms with E-state index in [1.165, 1.54) is 23.5 Å². The quantitative estimate of drug-likeness (QED) is 0.819. The lowest BCUT2D eigenvalue weighted by Crippen LogP contribution is -2.27. The molecule has 0 saturated heterocycles. The maximum absolute atomic E-state index is 14.1. The average molecular weight is 394 g/mol. The Bertz CT molecular complexity index is 732. The fourth-order valence-corrected chi connectivity index (χ4v) is 4.66. The molecule has 0 bridgehead atoms. The molecule has 1 unspecified atom stereocenters. The van der Waals surface area contributed by atoms with Gasteiger partial charge in [0.05, 0.1) is 12.6 Å². The highest BCUT2D eigenvalue weighted by Crippen LogP contribution is 2.26. The van der Waals surface area contributed by atoms with Crippen LogP contribution in [0.25, 0.3) is 0 Å². The van der Waals surface area contributed by atoms with E-state index in [2.05, 4.69) is 20.7 Å². The summed E-state index contributed by atoms with van der Waals surface area (Å²) in [6.45, 7) is 1.11. The summed E-state index contributed by atoms with van der Waals surface area (Å²) in [6.07, 6.45) is 0. The summed E-state index contributed by atoms with van der Waals surface area (Å²) in [5.41, 5.74) is -0.0754. The van der Waals surface area contributed by atoms with Crippen LogP contribution in [-0.4, -0.2) is 13.5 Å². The lowest BCUT2D eigenvalue weighted by molar-refractivity contribution is 0.274. The molecule has 114 valence electrons. The number of hydrogen-bond acceptors (Lipinski definition) is 4. The first-order chi connectivity index (χ1) is 9.85. The molecule has 1 aromatic carbocycles. The molecule has 1 aromatic heterocycles. The van der Waals surface area contributed by atoms with Crippen LogP contribution in [0.15, 0.2) is 39.0 Å². The second-order valence-electron chi connectivity index (χ2n) is 4.39. The SMILES string of the molecule is CC(NS(=O)(=O)c1cc(Br)cc(CO)c1F)c1cccs1. The molecular formula is C13H13BrFNO3S2. The maximum Gasteiger partial charge on any atom is 0.244 e. The summed E-state index contributed by atoms with van der Waals surface area (Å²) in [7, 11) is -4.03. The van der Waals surface area contributed by atoms with E-state index >= 15 is 0 Å². The van der Waals surface area contributed by atoms with Crippen LogP contribution in [-0.2, 0) is 16.6 Å². The monoisotopic (exact) mass is 393 g/mol. The second-order valence-corrected chi connectivity index (χ2v) is 7.97. The van der Waals surface area contributed by atoms with Crippen molar-refractivity contribution in [1.29, 1.82) is 0 Å². The van der Waals surface area contributed by atoms with E-state index in [1.807, 2.05) is 11.4 Å². The zero-order chi connectivity index (χ0) is 15.6. The number of aliphatic hydroxyl groups excluding tert-OH is 1. The third kappa shape index (κ3) is 3.70. The summed E-state index contributed by atoms with van der Waals surface area (Å²) in [4.78, 5) is 0.348. The van der Waals surface area contributed by atoms with Crippen molar-refractivity contribution < 1.29 is 17.9 Å². The molecule has 0 aliphatic rings. The number of nitrogens with one attached hydrogen (secondary N) is 1. The molecule has 0 amide bonds. The molecule has 1 heterocycles. The Morgan fingerprint density at radius 2 is 2.19 bits per heavy atom. The second kappa shape index (κ2) is 6.53. The largest absolute Gasteiger partial charge is 0.392 e. The summed E-state index contributed by atoms with van der Waals surface area (Å²) < 4.78 is 41.6. The Morgan fingerprint density at radius 1 is 1.48 bits per heavy atom. The molecule has 2 rings (SSSR count). The van der Waals surface area contributed by atoms with Crippen molar-refractivity contribution >= 4 is 37.3 Å². The lowest BCUT2D eigenvalue weighted by Gasteiger charge is -2.14. The van der Waals surface area contributed by atoms with Crippen LogP contribution in [0.4, 0.5) is 4.39 Å². The van der Waals surface area contributed by atoms with Crippen molar-refractivity contribution in [2.75, 3.05) is 0 Å². The third-order valence-corrected chi connectivity index (χ3v) is 5.89. The third-order valence-electron chi connectivity index (χ3n) is 2.84. The number of hydrogen-bond donors (Lipinski definition) is 2. The zero-order valence-corrected chi connectivity index (χ0v) is 14.2. The molecule has 4 nitrogen and oxygen atoms in total. The summed E-state index contributed by atoms with van der Waals surface area (Å²) in [5, 5.41) is 10.9. The molecule has 1 atom stereocenters. The molecule has 8 heteroatoms. The van der Waals surface area contributed by atoms with E-state index in [4.69, 9.17) is 5.11 Å². The van der Waals surface area contributed by atoms with Gasteiger partial charge in [-0.25, -0.2) is 17.5 Å². The Hall–Kier alpha value is -0.800. The number of thiophene rings is 1. The fraction of sp³-hybridized carbons (Fsp3) is 0.231. The Labute approximate surface area is 134 Å². The van der Waals surface area contributed by atoms with E-state index in [0.717, 1.165) is 4.88 Å². The summed E-state index contributed by atoms with van der Waals surface area (Å²) in [5.74, 6) is -0.938. The Morgan fingerprint density at radius 3 is 2.76 bits per heavy atom. The van der Waals surface area contributed by atoms with Crippen LogP contribution in [0.2, 0.25) is 0 Å². The van der Waals surface area contributed by atoms with E-state index in [1.54, 1.807) is 13.0 Å². The number of sulfonamides is 1. The summed E-state index contributed by atoms with van der Waals surface area (Å²) in [6, 6.07) is 5.67. The normalized spacial score (nSPS) is 13.3. The fourth-order valence-electron chi connectivity index (χ4n) is 1.82. The van der Waals surface area contributed by atoms with Crippen molar-refractivity contribution in [2.45, 2.75) is 24.5 Å². The van der Waals surface area contributed by atoms with Crippen molar-refractivity contribution in [2.24, 2.45) is 0 Å². The van der Waals surface area contributed by atoms with Crippen LogP contribution >= 0.6 is 27.3 Å². The molecule has 0 spiro atoms. The zero-order valence-electron chi connectivity index (χ0n) is 11.0. The standard InChI is InChI=1S/C13H13BrFNO3S2/c1-8(11-3-2-4-20-11)16-21(18,19)12-6-10(14)5-9(7-17)13(12)15/h2-6,8,16-17H,7H2,1H3. The first-order valence-corrected chi connectivity index (χ1v) is 9.15. The maximum atomic E-state index is 14.1. The Kier molecular flexibility index (Phi) is 5.15. The Balaban J connectivity index is 2.38. The van der Waals surface area contributed by atoms with Crippen molar-refractivity contribution in [3.63, 3.8) is 0 Å². The van der Waals surface area contributed by atoms with Gasteiger partial charge in [-0.15, -0.1) is 11.3 Å². The number of aliphatic hydroxyl groups is 1. The number of benzene rings is 1. The first-order valence-electron chi connectivity index (χ1n) is 5.99. The van der Waals surface area contributed by atoms with Gasteiger partial charge in [0.1, 0.15) is 10.7 Å². The van der Waals surface area contributed by atoms with Gasteiger partial charge in [-0.05, 0) is 30.5 Å². The highest BCUT2D eigenvalue weighted by molar-refractivity contribution is 9.10. The molecule has 0 saturated carbocycles. The first kappa shape index (κ1) is 16.6. The van der Waals surface area contributed by atoms with Crippen LogP contribution in [0, 0.1) is 5.82 Å². The predicted octanol–water partition coefficient (Wildman–Crippen LogP) is 3.18. The average Bonchev–Trinajstić information content (AvgIpc) is 2.94. The van der Waals surface area contributed by atoms with Crippen molar-refractivity contribution in [3.05, 3.63) is 50.4 Å². The van der Waals surface area contributed by atoms with E-state index in [9.17, 15) is 12.8 Å². The van der Waals surface area contributed by atoms with Crippen LogP contribution in [0.3, 0.4) is 0 Å². The molecule has 0 aliphatic carbocycles. The minimum Gasteiger partial charge on any atom is -0.392 e. The predicted molar refractivity (Wildman–Crippen MR) is 83.1 cm³/mol. The van der Waals surface area contributed by atoms with E-state index in [0.29, 0.717) is 4.47 Å². The van der Waals surface area contributed by atoms with Crippen LogP contribution in [0.5, 0.6) is 0 Å². The summed E-state index contributed by atoms with van der Waals surface area (Å²) >= 11 is 4.53. The highest BCUT2D eigenvalue weighted by Gasteiger charge is 2.24. The van der Waals surface area contributed by atoms with Gasteiger partial charge in [-0.3, -0.25) is 0 Å².